The quantitative estimate of drug-likeness (QED) is 0.503. The molecule has 0 unspecified atom stereocenters. The Labute approximate surface area is 174 Å². The normalized spacial score (nSPS) is 12.2. The number of benzene rings is 2. The number of carbonyl (C=O) groups excluding carboxylic acids is 2. The van der Waals surface area contributed by atoms with Crippen LogP contribution in [0.5, 0.6) is 5.75 Å². The van der Waals surface area contributed by atoms with Crippen molar-refractivity contribution in [1.82, 2.24) is 4.98 Å². The number of aromatic nitrogens is 1. The number of para-hydroxylation sites is 1. The molecular formula is C23H22N4O3. The Hall–Kier alpha value is -3.87. The van der Waals surface area contributed by atoms with Gasteiger partial charge in [0, 0.05) is 23.0 Å². The highest BCUT2D eigenvalue weighted by Crippen LogP contribution is 2.32. The molecule has 0 atom stereocenters. The van der Waals surface area contributed by atoms with E-state index in [-0.39, 0.29) is 12.3 Å². The number of amides is 2. The van der Waals surface area contributed by atoms with Crippen molar-refractivity contribution in [2.45, 2.75) is 12.8 Å². The zero-order valence-electron chi connectivity index (χ0n) is 16.4. The summed E-state index contributed by atoms with van der Waals surface area (Å²) in [5.74, 6) is 1.01. The first-order valence-corrected chi connectivity index (χ1v) is 9.71. The van der Waals surface area contributed by atoms with E-state index in [0.717, 1.165) is 33.8 Å². The molecule has 0 bridgehead atoms. The van der Waals surface area contributed by atoms with Gasteiger partial charge in [-0.3, -0.25) is 9.59 Å². The van der Waals surface area contributed by atoms with E-state index in [1.54, 1.807) is 6.20 Å². The molecule has 0 fully saturated rings. The minimum atomic E-state index is -0.395. The average molecular weight is 402 g/mol. The van der Waals surface area contributed by atoms with E-state index < -0.39 is 5.91 Å². The highest BCUT2D eigenvalue weighted by atomic mass is 16.5. The van der Waals surface area contributed by atoms with E-state index in [0.29, 0.717) is 25.3 Å². The van der Waals surface area contributed by atoms with Gasteiger partial charge in [-0.25, -0.2) is 4.98 Å². The summed E-state index contributed by atoms with van der Waals surface area (Å²) < 4.78 is 5.83. The molecule has 2 aromatic carbocycles. The lowest BCUT2D eigenvalue weighted by Gasteiger charge is -2.14. The molecule has 3 aromatic rings. The monoisotopic (exact) mass is 402 g/mol. The van der Waals surface area contributed by atoms with Gasteiger partial charge in [0.25, 0.3) is 0 Å². The van der Waals surface area contributed by atoms with Crippen LogP contribution in [0, 0.1) is 0 Å². The van der Waals surface area contributed by atoms with Crippen molar-refractivity contribution in [1.29, 1.82) is 0 Å². The maximum Gasteiger partial charge on any atom is 0.228 e. The van der Waals surface area contributed by atoms with Gasteiger partial charge in [-0.15, -0.1) is 0 Å². The van der Waals surface area contributed by atoms with Crippen molar-refractivity contribution >= 4 is 23.3 Å². The number of nitrogens with one attached hydrogen (secondary N) is 2. The van der Waals surface area contributed by atoms with Crippen LogP contribution in [0.3, 0.4) is 0 Å². The Bertz CT molecular complexity index is 1100. The molecule has 0 saturated heterocycles. The molecule has 4 N–H and O–H groups in total. The summed E-state index contributed by atoms with van der Waals surface area (Å²) in [6.45, 7) is 0.925. The third-order valence-electron chi connectivity index (χ3n) is 4.84. The Balaban J connectivity index is 1.42. The third-order valence-corrected chi connectivity index (χ3v) is 4.84. The molecular weight excluding hydrogens is 380 g/mol. The number of hydrogen-bond acceptors (Lipinski definition) is 5. The van der Waals surface area contributed by atoms with Gasteiger partial charge >= 0.3 is 0 Å². The smallest absolute Gasteiger partial charge is 0.228 e. The number of anilines is 2. The lowest BCUT2D eigenvalue weighted by molar-refractivity contribution is -0.117. The van der Waals surface area contributed by atoms with E-state index in [1.165, 1.54) is 0 Å². The van der Waals surface area contributed by atoms with Crippen molar-refractivity contribution in [3.05, 3.63) is 71.9 Å². The topological polar surface area (TPSA) is 106 Å². The molecule has 0 radical (unpaired) electrons. The maximum atomic E-state index is 11.6. The van der Waals surface area contributed by atoms with Gasteiger partial charge in [-0.1, -0.05) is 24.3 Å². The van der Waals surface area contributed by atoms with Crippen molar-refractivity contribution in [3.8, 4) is 16.9 Å². The second-order valence-corrected chi connectivity index (χ2v) is 7.02. The number of nitrogens with zero attached hydrogens (tertiary/aromatic N) is 1. The highest BCUT2D eigenvalue weighted by molar-refractivity contribution is 5.99. The minimum Gasteiger partial charge on any atom is -0.491 e. The fourth-order valence-electron chi connectivity index (χ4n) is 3.48. The van der Waals surface area contributed by atoms with E-state index in [4.69, 9.17) is 10.5 Å². The summed E-state index contributed by atoms with van der Waals surface area (Å²) in [6.07, 6.45) is 2.27. The molecule has 1 aliphatic rings. The van der Waals surface area contributed by atoms with Crippen LogP contribution in [0.2, 0.25) is 0 Å². The second-order valence-electron chi connectivity index (χ2n) is 7.02. The van der Waals surface area contributed by atoms with Crippen LogP contribution in [-0.4, -0.2) is 29.9 Å². The molecule has 4 rings (SSSR count). The fraction of sp³-hybridized carbons (Fsp3) is 0.174. The van der Waals surface area contributed by atoms with Gasteiger partial charge in [0.1, 0.15) is 18.2 Å². The Morgan fingerprint density at radius 1 is 1.17 bits per heavy atom. The van der Waals surface area contributed by atoms with Crippen molar-refractivity contribution < 1.29 is 14.3 Å². The standard InChI is InChI=1S/C23H22N4O3/c24-21(28)13-16-4-1-2-6-20(16)30-11-10-26-23-18(5-3-9-25-23)15-7-8-19-17(12-15)14-22(29)27-19/h1-9,12H,10-11,13-14H2,(H2,24,28)(H,25,26)(H,27,29). The zero-order chi connectivity index (χ0) is 20.9. The number of pyridine rings is 1. The molecule has 30 heavy (non-hydrogen) atoms. The Kier molecular flexibility index (Phi) is 5.61. The lowest BCUT2D eigenvalue weighted by atomic mass is 10.0. The van der Waals surface area contributed by atoms with E-state index in [1.807, 2.05) is 54.6 Å². The van der Waals surface area contributed by atoms with Gasteiger partial charge in [0.15, 0.2) is 0 Å². The summed E-state index contributed by atoms with van der Waals surface area (Å²) in [4.78, 5) is 27.3. The van der Waals surface area contributed by atoms with E-state index >= 15 is 0 Å². The van der Waals surface area contributed by atoms with Crippen molar-refractivity contribution in [2.24, 2.45) is 5.73 Å². The Morgan fingerprint density at radius 2 is 2.03 bits per heavy atom. The number of nitrogens with two attached hydrogens (primary N) is 1. The van der Waals surface area contributed by atoms with Gasteiger partial charge in [-0.05, 0) is 41.5 Å². The number of rotatable bonds is 8. The molecule has 7 heteroatoms. The number of primary amides is 1. The molecule has 0 spiro atoms. The lowest BCUT2D eigenvalue weighted by Crippen LogP contribution is -2.16. The summed E-state index contributed by atoms with van der Waals surface area (Å²) in [5.41, 5.74) is 9.87. The van der Waals surface area contributed by atoms with Gasteiger partial charge < -0.3 is 21.1 Å². The molecule has 0 saturated carbocycles. The largest absolute Gasteiger partial charge is 0.491 e. The molecule has 1 aromatic heterocycles. The molecule has 152 valence electrons. The molecule has 2 amide bonds. The van der Waals surface area contributed by atoms with Crippen LogP contribution in [-0.2, 0) is 22.4 Å². The van der Waals surface area contributed by atoms with Crippen molar-refractivity contribution in [3.63, 3.8) is 0 Å². The highest BCUT2D eigenvalue weighted by Gasteiger charge is 2.18. The first-order chi connectivity index (χ1) is 14.6. The van der Waals surface area contributed by atoms with Crippen LogP contribution < -0.4 is 21.1 Å². The third kappa shape index (κ3) is 4.41. The number of ether oxygens (including phenoxy) is 1. The predicted molar refractivity (Wildman–Crippen MR) is 115 cm³/mol. The number of carbonyl (C=O) groups is 2. The van der Waals surface area contributed by atoms with Crippen LogP contribution in [0.25, 0.3) is 11.1 Å². The van der Waals surface area contributed by atoms with Gasteiger partial charge in [-0.2, -0.15) is 0 Å². The summed E-state index contributed by atoms with van der Waals surface area (Å²) in [5, 5.41) is 6.16. The number of fused-ring (bicyclic) bond motifs is 1. The molecule has 7 nitrogen and oxygen atoms in total. The Morgan fingerprint density at radius 3 is 2.90 bits per heavy atom. The summed E-state index contributed by atoms with van der Waals surface area (Å²) >= 11 is 0. The summed E-state index contributed by atoms with van der Waals surface area (Å²) in [6, 6.07) is 17.2. The first-order valence-electron chi connectivity index (χ1n) is 9.71. The molecule has 2 heterocycles. The van der Waals surface area contributed by atoms with Crippen LogP contribution in [0.1, 0.15) is 11.1 Å². The molecule has 0 aliphatic carbocycles. The van der Waals surface area contributed by atoms with Crippen molar-refractivity contribution in [2.75, 3.05) is 23.8 Å². The SMILES string of the molecule is NC(=O)Cc1ccccc1OCCNc1ncccc1-c1ccc2c(c1)CC(=O)N2. The number of hydrogen-bond donors (Lipinski definition) is 3. The van der Waals surface area contributed by atoms with Gasteiger partial charge in [0.05, 0.1) is 19.4 Å². The molecule has 1 aliphatic heterocycles. The van der Waals surface area contributed by atoms with Crippen LogP contribution >= 0.6 is 0 Å². The fourth-order valence-corrected chi connectivity index (χ4v) is 3.48. The van der Waals surface area contributed by atoms with Crippen LogP contribution in [0.15, 0.2) is 60.8 Å². The zero-order valence-corrected chi connectivity index (χ0v) is 16.4. The maximum absolute atomic E-state index is 11.6. The van der Waals surface area contributed by atoms with E-state index in [2.05, 4.69) is 15.6 Å². The average Bonchev–Trinajstić information content (AvgIpc) is 3.11. The van der Waals surface area contributed by atoms with Gasteiger partial charge in [0.2, 0.25) is 11.8 Å². The van der Waals surface area contributed by atoms with Crippen LogP contribution in [0.4, 0.5) is 11.5 Å². The second kappa shape index (κ2) is 8.65. The van der Waals surface area contributed by atoms with E-state index in [9.17, 15) is 9.59 Å². The minimum absolute atomic E-state index is 0.0143. The summed E-state index contributed by atoms with van der Waals surface area (Å²) in [7, 11) is 0. The first kappa shape index (κ1) is 19.4. The predicted octanol–water partition coefficient (Wildman–Crippen LogP) is 2.76.